The molecule has 0 fully saturated rings. The number of hydrogen-bond acceptors (Lipinski definition) is 4. The number of ether oxygens (including phenoxy) is 2. The number of methoxy groups -OCH3 is 1. The van der Waals surface area contributed by atoms with Gasteiger partial charge in [-0.05, 0) is 29.6 Å². The molecule has 0 unspecified atom stereocenters. The summed E-state index contributed by atoms with van der Waals surface area (Å²) >= 11 is 1.68. The second kappa shape index (κ2) is 5.43. The molecule has 0 saturated heterocycles. The fraction of sp³-hybridized carbons (Fsp3) is 0.125. The van der Waals surface area contributed by atoms with E-state index < -0.39 is 0 Å². The van der Waals surface area contributed by atoms with Crippen LogP contribution in [0.15, 0.2) is 47.8 Å². The molecule has 0 amide bonds. The van der Waals surface area contributed by atoms with Gasteiger partial charge in [0.2, 0.25) is 0 Å². The molecule has 0 aliphatic heterocycles. The van der Waals surface area contributed by atoms with E-state index in [2.05, 4.69) is 11.4 Å². The molecule has 1 heterocycles. The molecule has 0 bridgehead atoms. The van der Waals surface area contributed by atoms with Gasteiger partial charge >= 0.3 is 0 Å². The Labute approximate surface area is 121 Å². The molecule has 0 aliphatic rings. The lowest BCUT2D eigenvalue weighted by Crippen LogP contribution is -1.97. The predicted molar refractivity (Wildman–Crippen MR) is 83.6 cm³/mol. The molecule has 102 valence electrons. The molecule has 3 rings (SSSR count). The Morgan fingerprint density at radius 2 is 1.85 bits per heavy atom. The predicted octanol–water partition coefficient (Wildman–Crippen LogP) is 4.07. The zero-order valence-corrected chi connectivity index (χ0v) is 11.9. The van der Waals surface area contributed by atoms with E-state index in [9.17, 15) is 0 Å². The topological polar surface area (TPSA) is 44.5 Å². The Balaban J connectivity index is 1.87. The van der Waals surface area contributed by atoms with Gasteiger partial charge in [0.15, 0.2) is 11.5 Å². The summed E-state index contributed by atoms with van der Waals surface area (Å²) in [4.78, 5) is 0. The molecule has 20 heavy (non-hydrogen) atoms. The Bertz CT molecular complexity index is 736. The summed E-state index contributed by atoms with van der Waals surface area (Å²) in [6.45, 7) is 0.481. The summed E-state index contributed by atoms with van der Waals surface area (Å²) in [5, 5.41) is 3.18. The van der Waals surface area contributed by atoms with Crippen molar-refractivity contribution in [2.24, 2.45) is 0 Å². The summed E-state index contributed by atoms with van der Waals surface area (Å²) in [5.41, 5.74) is 7.95. The molecule has 4 heteroatoms. The molecule has 2 N–H and O–H groups in total. The average molecular weight is 285 g/mol. The minimum atomic E-state index is 0.481. The summed E-state index contributed by atoms with van der Waals surface area (Å²) in [6, 6.07) is 13.6. The van der Waals surface area contributed by atoms with Crippen LogP contribution in [0.25, 0.3) is 10.1 Å². The molecule has 2 aromatic carbocycles. The zero-order valence-electron chi connectivity index (χ0n) is 11.1. The summed E-state index contributed by atoms with van der Waals surface area (Å²) < 4.78 is 12.3. The highest BCUT2D eigenvalue weighted by Gasteiger charge is 2.09. The highest BCUT2D eigenvalue weighted by atomic mass is 32.1. The quantitative estimate of drug-likeness (QED) is 0.735. The third kappa shape index (κ3) is 2.30. The van der Waals surface area contributed by atoms with Gasteiger partial charge in [-0.2, -0.15) is 0 Å². The number of anilines is 1. The van der Waals surface area contributed by atoms with Crippen LogP contribution >= 0.6 is 11.3 Å². The van der Waals surface area contributed by atoms with Gasteiger partial charge in [0.05, 0.1) is 7.11 Å². The van der Waals surface area contributed by atoms with E-state index in [-0.39, 0.29) is 0 Å². The van der Waals surface area contributed by atoms with E-state index >= 15 is 0 Å². The average Bonchev–Trinajstić information content (AvgIpc) is 2.90. The van der Waals surface area contributed by atoms with Crippen molar-refractivity contribution in [2.75, 3.05) is 12.8 Å². The van der Waals surface area contributed by atoms with Crippen LogP contribution in [0.3, 0.4) is 0 Å². The largest absolute Gasteiger partial charge is 0.493 e. The van der Waals surface area contributed by atoms with Crippen molar-refractivity contribution in [1.82, 2.24) is 0 Å². The van der Waals surface area contributed by atoms with Gasteiger partial charge in [-0.3, -0.25) is 0 Å². The number of benzene rings is 2. The van der Waals surface area contributed by atoms with Gasteiger partial charge in [0.1, 0.15) is 6.61 Å². The standard InChI is InChI=1S/C16H15NO2S/c1-18-13-6-2-3-7-14(13)19-9-11-10-20-15-8-4-5-12(17)16(11)15/h2-8,10H,9,17H2,1H3. The normalized spacial score (nSPS) is 10.7. The van der Waals surface area contributed by atoms with Crippen molar-refractivity contribution in [1.29, 1.82) is 0 Å². The molecule has 0 aliphatic carbocycles. The van der Waals surface area contributed by atoms with Crippen molar-refractivity contribution in [2.45, 2.75) is 6.61 Å². The first kappa shape index (κ1) is 12.8. The van der Waals surface area contributed by atoms with Gasteiger partial charge in [0, 0.05) is 21.3 Å². The van der Waals surface area contributed by atoms with Gasteiger partial charge in [-0.15, -0.1) is 11.3 Å². The van der Waals surface area contributed by atoms with E-state index in [1.807, 2.05) is 36.4 Å². The highest BCUT2D eigenvalue weighted by Crippen LogP contribution is 2.32. The highest BCUT2D eigenvalue weighted by molar-refractivity contribution is 7.17. The van der Waals surface area contributed by atoms with E-state index in [1.165, 1.54) is 4.70 Å². The Hall–Kier alpha value is -2.20. The van der Waals surface area contributed by atoms with Crippen LogP contribution in [-0.2, 0) is 6.61 Å². The van der Waals surface area contributed by atoms with Crippen LogP contribution in [0.1, 0.15) is 5.56 Å². The third-order valence-electron chi connectivity index (χ3n) is 3.16. The summed E-state index contributed by atoms with van der Waals surface area (Å²) in [7, 11) is 1.64. The number of nitrogens with two attached hydrogens (primary N) is 1. The van der Waals surface area contributed by atoms with Crippen LogP contribution in [0.5, 0.6) is 11.5 Å². The number of rotatable bonds is 4. The lowest BCUT2D eigenvalue weighted by molar-refractivity contribution is 0.286. The Morgan fingerprint density at radius 1 is 1.05 bits per heavy atom. The van der Waals surface area contributed by atoms with Crippen molar-refractivity contribution >= 4 is 27.1 Å². The van der Waals surface area contributed by atoms with E-state index in [0.717, 1.165) is 28.1 Å². The first-order valence-corrected chi connectivity index (χ1v) is 7.18. The fourth-order valence-corrected chi connectivity index (χ4v) is 3.16. The monoisotopic (exact) mass is 285 g/mol. The molecule has 0 spiro atoms. The molecule has 0 saturated carbocycles. The Morgan fingerprint density at radius 3 is 2.65 bits per heavy atom. The van der Waals surface area contributed by atoms with Crippen LogP contribution in [0.4, 0.5) is 5.69 Å². The zero-order chi connectivity index (χ0) is 13.9. The van der Waals surface area contributed by atoms with Crippen LogP contribution < -0.4 is 15.2 Å². The molecule has 3 nitrogen and oxygen atoms in total. The molecule has 0 radical (unpaired) electrons. The van der Waals surface area contributed by atoms with Gasteiger partial charge < -0.3 is 15.2 Å². The van der Waals surface area contributed by atoms with Crippen molar-refractivity contribution < 1.29 is 9.47 Å². The van der Waals surface area contributed by atoms with Crippen LogP contribution in [0.2, 0.25) is 0 Å². The van der Waals surface area contributed by atoms with Gasteiger partial charge in [0.25, 0.3) is 0 Å². The molecular formula is C16H15NO2S. The number of thiophene rings is 1. The van der Waals surface area contributed by atoms with E-state index in [4.69, 9.17) is 15.2 Å². The number of hydrogen-bond donors (Lipinski definition) is 1. The van der Waals surface area contributed by atoms with Crippen molar-refractivity contribution in [3.05, 3.63) is 53.4 Å². The van der Waals surface area contributed by atoms with E-state index in [0.29, 0.717) is 6.61 Å². The smallest absolute Gasteiger partial charge is 0.161 e. The van der Waals surface area contributed by atoms with Crippen LogP contribution in [0, 0.1) is 0 Å². The first-order chi connectivity index (χ1) is 9.79. The maximum atomic E-state index is 6.05. The SMILES string of the molecule is COc1ccccc1OCc1csc2cccc(N)c12. The van der Waals surface area contributed by atoms with Gasteiger partial charge in [-0.1, -0.05) is 18.2 Å². The minimum Gasteiger partial charge on any atom is -0.493 e. The number of para-hydroxylation sites is 2. The number of fused-ring (bicyclic) bond motifs is 1. The second-order valence-electron chi connectivity index (χ2n) is 4.42. The third-order valence-corrected chi connectivity index (χ3v) is 4.16. The molecule has 1 aromatic heterocycles. The fourth-order valence-electron chi connectivity index (χ4n) is 2.18. The van der Waals surface area contributed by atoms with Gasteiger partial charge in [-0.25, -0.2) is 0 Å². The molecular weight excluding hydrogens is 270 g/mol. The van der Waals surface area contributed by atoms with Crippen molar-refractivity contribution in [3.63, 3.8) is 0 Å². The van der Waals surface area contributed by atoms with E-state index in [1.54, 1.807) is 18.4 Å². The maximum absolute atomic E-state index is 6.05. The van der Waals surface area contributed by atoms with Crippen LogP contribution in [-0.4, -0.2) is 7.11 Å². The second-order valence-corrected chi connectivity index (χ2v) is 5.33. The first-order valence-electron chi connectivity index (χ1n) is 6.30. The number of nitrogen functional groups attached to an aromatic ring is 1. The minimum absolute atomic E-state index is 0.481. The lowest BCUT2D eigenvalue weighted by atomic mass is 10.1. The summed E-state index contributed by atoms with van der Waals surface area (Å²) in [5.74, 6) is 1.48. The Kier molecular flexibility index (Phi) is 3.48. The molecule has 3 aromatic rings. The maximum Gasteiger partial charge on any atom is 0.161 e. The molecule has 0 atom stereocenters. The van der Waals surface area contributed by atoms with Crippen molar-refractivity contribution in [3.8, 4) is 11.5 Å². The summed E-state index contributed by atoms with van der Waals surface area (Å²) in [6.07, 6.45) is 0. The lowest BCUT2D eigenvalue weighted by Gasteiger charge is -2.10.